The first-order valence-corrected chi connectivity index (χ1v) is 11.5. The molecule has 0 aliphatic rings. The number of halogens is 1. The van der Waals surface area contributed by atoms with Gasteiger partial charge >= 0.3 is 0 Å². The monoisotopic (exact) mass is 459 g/mol. The van der Waals surface area contributed by atoms with E-state index in [1.54, 1.807) is 42.5 Å². The fraction of sp³-hybridized carbons (Fsp3) is 0.136. The molecule has 0 saturated carbocycles. The Labute approximate surface area is 187 Å². The van der Waals surface area contributed by atoms with Crippen molar-refractivity contribution in [2.45, 2.75) is 25.7 Å². The number of thiocarbonyl (C=S) groups is 1. The van der Waals surface area contributed by atoms with E-state index in [-0.39, 0.29) is 4.90 Å². The highest BCUT2D eigenvalue weighted by molar-refractivity contribution is 7.92. The number of hydrogen-bond acceptors (Lipinski definition) is 3. The van der Waals surface area contributed by atoms with Crippen LogP contribution in [0.1, 0.15) is 16.7 Å². The zero-order valence-corrected chi connectivity index (χ0v) is 19.2. The molecule has 0 saturated heterocycles. The highest BCUT2D eigenvalue weighted by Crippen LogP contribution is 2.24. The van der Waals surface area contributed by atoms with Crippen LogP contribution in [0.5, 0.6) is 0 Å². The zero-order valence-electron chi connectivity index (χ0n) is 16.8. The highest BCUT2D eigenvalue weighted by atomic mass is 35.5. The van der Waals surface area contributed by atoms with Crippen LogP contribution < -0.4 is 15.4 Å². The molecular formula is C22H22ClN3O2S2. The minimum absolute atomic E-state index is 0.125. The summed E-state index contributed by atoms with van der Waals surface area (Å²) in [6.45, 7) is 5.93. The molecule has 8 heteroatoms. The lowest BCUT2D eigenvalue weighted by Gasteiger charge is -2.16. The largest absolute Gasteiger partial charge is 0.332 e. The number of hydrogen-bond donors (Lipinski definition) is 3. The molecule has 0 fully saturated rings. The second kappa shape index (κ2) is 9.04. The summed E-state index contributed by atoms with van der Waals surface area (Å²) in [7, 11) is -3.77. The van der Waals surface area contributed by atoms with Gasteiger partial charge in [-0.15, -0.1) is 0 Å². The van der Waals surface area contributed by atoms with E-state index in [4.69, 9.17) is 23.8 Å². The fourth-order valence-electron chi connectivity index (χ4n) is 2.80. The van der Waals surface area contributed by atoms with Crippen LogP contribution in [0.15, 0.2) is 65.6 Å². The summed E-state index contributed by atoms with van der Waals surface area (Å²) in [6.07, 6.45) is 0. The van der Waals surface area contributed by atoms with Crippen molar-refractivity contribution in [3.05, 3.63) is 82.4 Å². The molecule has 3 rings (SSSR count). The van der Waals surface area contributed by atoms with Crippen LogP contribution in [-0.4, -0.2) is 13.5 Å². The fourth-order valence-corrected chi connectivity index (χ4v) is 4.23. The maximum atomic E-state index is 12.8. The second-order valence-corrected chi connectivity index (χ2v) is 9.44. The van der Waals surface area contributed by atoms with Gasteiger partial charge in [0.1, 0.15) is 0 Å². The van der Waals surface area contributed by atoms with Crippen LogP contribution in [0.3, 0.4) is 0 Å². The van der Waals surface area contributed by atoms with Crippen LogP contribution in [-0.2, 0) is 10.0 Å². The van der Waals surface area contributed by atoms with Gasteiger partial charge in [-0.1, -0.05) is 29.8 Å². The minimum atomic E-state index is -3.77. The summed E-state index contributed by atoms with van der Waals surface area (Å²) in [6, 6.07) is 17.2. The zero-order chi connectivity index (χ0) is 21.9. The van der Waals surface area contributed by atoms with Gasteiger partial charge in [0.05, 0.1) is 4.90 Å². The lowest BCUT2D eigenvalue weighted by atomic mass is 10.1. The average molecular weight is 460 g/mol. The Morgan fingerprint density at radius 3 is 2.23 bits per heavy atom. The smallest absolute Gasteiger partial charge is 0.261 e. The lowest BCUT2D eigenvalue weighted by molar-refractivity contribution is 0.601. The summed E-state index contributed by atoms with van der Waals surface area (Å²) in [4.78, 5) is 0.125. The first kappa shape index (κ1) is 22.1. The SMILES string of the molecule is Cc1ccc(S(=O)(=O)Nc2ccc(Cl)cc2)cc1NC(=S)Nc1cccc(C)c1C. The third-order valence-electron chi connectivity index (χ3n) is 4.72. The van der Waals surface area contributed by atoms with Crippen molar-refractivity contribution in [1.82, 2.24) is 0 Å². The third-order valence-corrected chi connectivity index (χ3v) is 6.55. The van der Waals surface area contributed by atoms with E-state index in [1.165, 1.54) is 0 Å². The molecule has 3 aromatic carbocycles. The first-order chi connectivity index (χ1) is 14.2. The molecule has 0 atom stereocenters. The van der Waals surface area contributed by atoms with E-state index in [9.17, 15) is 8.42 Å². The van der Waals surface area contributed by atoms with Crippen molar-refractivity contribution in [2.75, 3.05) is 15.4 Å². The molecule has 0 aliphatic heterocycles. The number of nitrogens with one attached hydrogen (secondary N) is 3. The minimum Gasteiger partial charge on any atom is -0.332 e. The molecule has 0 radical (unpaired) electrons. The Morgan fingerprint density at radius 2 is 1.53 bits per heavy atom. The Kier molecular flexibility index (Phi) is 6.65. The summed E-state index contributed by atoms with van der Waals surface area (Å²) < 4.78 is 28.1. The normalized spacial score (nSPS) is 11.1. The standard InChI is InChI=1S/C22H22ClN3O2S2/c1-14-5-4-6-20(16(14)3)24-22(29)25-21-13-19(12-7-15(21)2)30(27,28)26-18-10-8-17(23)9-11-18/h4-13,26H,1-3H3,(H2,24,25,29). The number of anilines is 3. The molecule has 0 unspecified atom stereocenters. The molecule has 0 spiro atoms. The van der Waals surface area contributed by atoms with E-state index >= 15 is 0 Å². The van der Waals surface area contributed by atoms with Gasteiger partial charge in [-0.2, -0.15) is 0 Å². The Morgan fingerprint density at radius 1 is 0.867 bits per heavy atom. The number of rotatable bonds is 5. The van der Waals surface area contributed by atoms with Crippen LogP contribution in [0, 0.1) is 20.8 Å². The maximum absolute atomic E-state index is 12.8. The predicted octanol–water partition coefficient (Wildman–Crippen LogP) is 5.87. The molecule has 30 heavy (non-hydrogen) atoms. The molecule has 0 aliphatic carbocycles. The van der Waals surface area contributed by atoms with Gasteiger partial charge in [-0.3, -0.25) is 4.72 Å². The summed E-state index contributed by atoms with van der Waals surface area (Å²) in [5, 5.41) is 7.19. The van der Waals surface area contributed by atoms with E-state index in [2.05, 4.69) is 15.4 Å². The number of aryl methyl sites for hydroxylation is 2. The second-order valence-electron chi connectivity index (χ2n) is 6.92. The van der Waals surface area contributed by atoms with Crippen molar-refractivity contribution in [1.29, 1.82) is 0 Å². The summed E-state index contributed by atoms with van der Waals surface area (Å²) >= 11 is 11.3. The molecule has 156 valence electrons. The van der Waals surface area contributed by atoms with Crippen molar-refractivity contribution in [3.63, 3.8) is 0 Å². The van der Waals surface area contributed by atoms with Crippen molar-refractivity contribution in [3.8, 4) is 0 Å². The Bertz CT molecular complexity index is 1190. The van der Waals surface area contributed by atoms with Gasteiger partial charge in [-0.05, 0) is 92.1 Å². The molecular weight excluding hydrogens is 438 g/mol. The van der Waals surface area contributed by atoms with Crippen molar-refractivity contribution in [2.24, 2.45) is 0 Å². The van der Waals surface area contributed by atoms with E-state index in [1.807, 2.05) is 39.0 Å². The summed E-state index contributed by atoms with van der Waals surface area (Å²) in [5.74, 6) is 0. The van der Waals surface area contributed by atoms with Crippen LogP contribution in [0.25, 0.3) is 0 Å². The lowest BCUT2D eigenvalue weighted by Crippen LogP contribution is -2.21. The highest BCUT2D eigenvalue weighted by Gasteiger charge is 2.16. The van der Waals surface area contributed by atoms with E-state index < -0.39 is 10.0 Å². The quantitative estimate of drug-likeness (QED) is 0.416. The number of benzene rings is 3. The van der Waals surface area contributed by atoms with Gasteiger partial charge < -0.3 is 10.6 Å². The van der Waals surface area contributed by atoms with Crippen molar-refractivity contribution >= 4 is 56.0 Å². The van der Waals surface area contributed by atoms with Crippen LogP contribution in [0.2, 0.25) is 5.02 Å². The third kappa shape index (κ3) is 5.30. The Balaban J connectivity index is 1.79. The van der Waals surface area contributed by atoms with E-state index in [0.29, 0.717) is 21.5 Å². The van der Waals surface area contributed by atoms with Gasteiger partial charge in [0.25, 0.3) is 10.0 Å². The van der Waals surface area contributed by atoms with E-state index in [0.717, 1.165) is 22.4 Å². The van der Waals surface area contributed by atoms with Gasteiger partial charge in [0.2, 0.25) is 0 Å². The molecule has 0 amide bonds. The topological polar surface area (TPSA) is 70.2 Å². The van der Waals surface area contributed by atoms with Crippen LogP contribution >= 0.6 is 23.8 Å². The van der Waals surface area contributed by atoms with Crippen LogP contribution in [0.4, 0.5) is 17.1 Å². The first-order valence-electron chi connectivity index (χ1n) is 9.19. The molecule has 3 aromatic rings. The number of sulfonamides is 1. The van der Waals surface area contributed by atoms with Gasteiger partial charge in [-0.25, -0.2) is 8.42 Å². The molecule has 3 N–H and O–H groups in total. The maximum Gasteiger partial charge on any atom is 0.261 e. The average Bonchev–Trinajstić information content (AvgIpc) is 2.68. The predicted molar refractivity (Wildman–Crippen MR) is 129 cm³/mol. The molecule has 0 aromatic heterocycles. The van der Waals surface area contributed by atoms with Gasteiger partial charge in [0, 0.05) is 22.1 Å². The Hall–Kier alpha value is -2.61. The molecule has 0 bridgehead atoms. The molecule has 5 nitrogen and oxygen atoms in total. The van der Waals surface area contributed by atoms with Crippen molar-refractivity contribution < 1.29 is 8.42 Å². The summed E-state index contributed by atoms with van der Waals surface area (Å²) in [5.41, 5.74) is 5.06. The molecule has 0 heterocycles. The van der Waals surface area contributed by atoms with Gasteiger partial charge in [0.15, 0.2) is 5.11 Å².